The number of Topliss-reactive ketones (excluding diaryl/α,β-unsaturated/α-hetero) is 1. The molecule has 15 heteroatoms. The van der Waals surface area contributed by atoms with Crippen molar-refractivity contribution < 1.29 is 42.9 Å². The molecule has 4 fully saturated rings. The van der Waals surface area contributed by atoms with Crippen LogP contribution in [0.1, 0.15) is 72.6 Å². The van der Waals surface area contributed by atoms with Crippen LogP contribution >= 0.6 is 0 Å². The largest absolute Gasteiger partial charge is 0.443 e. The molecule has 0 aromatic carbocycles. The molecule has 2 saturated carbocycles. The molecule has 15 nitrogen and oxygen atoms in total. The minimum absolute atomic E-state index is 0.0449. The van der Waals surface area contributed by atoms with Crippen molar-refractivity contribution in [3.63, 3.8) is 0 Å². The maximum absolute atomic E-state index is 13.0. The minimum atomic E-state index is -0.471. The van der Waals surface area contributed by atoms with Crippen LogP contribution in [-0.4, -0.2) is 111 Å². The number of rotatable bonds is 16. The van der Waals surface area contributed by atoms with E-state index in [0.29, 0.717) is 38.7 Å². The van der Waals surface area contributed by atoms with Crippen molar-refractivity contribution in [2.75, 3.05) is 39.9 Å². The van der Waals surface area contributed by atoms with Crippen molar-refractivity contribution >= 4 is 29.6 Å². The fourth-order valence-electron chi connectivity index (χ4n) is 6.88. The summed E-state index contributed by atoms with van der Waals surface area (Å²) in [6, 6.07) is -0.137. The molecule has 2 heterocycles. The van der Waals surface area contributed by atoms with Crippen molar-refractivity contribution in [2.24, 2.45) is 5.92 Å². The Morgan fingerprint density at radius 1 is 0.830 bits per heavy atom. The first kappa shape index (κ1) is 36.7. The van der Waals surface area contributed by atoms with Crippen LogP contribution < -0.4 is 32.1 Å². The first-order valence-electron chi connectivity index (χ1n) is 16.6. The molecular weight excluding hydrogens is 612 g/mol. The summed E-state index contributed by atoms with van der Waals surface area (Å²) >= 11 is 0. The van der Waals surface area contributed by atoms with E-state index in [1.54, 1.807) is 7.11 Å². The third-order valence-corrected chi connectivity index (χ3v) is 9.51. The third-order valence-electron chi connectivity index (χ3n) is 9.51. The number of hydrogen-bond acceptors (Lipinski definition) is 11. The van der Waals surface area contributed by atoms with Gasteiger partial charge in [-0.3, -0.25) is 19.2 Å². The van der Waals surface area contributed by atoms with Crippen molar-refractivity contribution in [1.29, 1.82) is 0 Å². The van der Waals surface area contributed by atoms with Crippen LogP contribution in [0.25, 0.3) is 0 Å². The second-order valence-corrected chi connectivity index (χ2v) is 13.5. The van der Waals surface area contributed by atoms with Gasteiger partial charge in [0.15, 0.2) is 0 Å². The summed E-state index contributed by atoms with van der Waals surface area (Å²) < 4.78 is 24.2. The van der Waals surface area contributed by atoms with Gasteiger partial charge in [-0.25, -0.2) is 15.6 Å². The summed E-state index contributed by atoms with van der Waals surface area (Å²) in [5.41, 5.74) is 5.71. The lowest BCUT2D eigenvalue weighted by Crippen LogP contribution is -2.56. The zero-order valence-corrected chi connectivity index (χ0v) is 28.2. The molecule has 47 heavy (non-hydrogen) atoms. The number of carbonyl (C=O) groups is 5. The van der Waals surface area contributed by atoms with Crippen LogP contribution in [0, 0.1) is 5.92 Å². The summed E-state index contributed by atoms with van der Waals surface area (Å²) in [6.07, 6.45) is 6.00. The van der Waals surface area contributed by atoms with E-state index in [1.807, 2.05) is 0 Å². The highest BCUT2D eigenvalue weighted by Crippen LogP contribution is 2.59. The molecule has 6 N–H and O–H groups in total. The number of ether oxygens (including phenoxy) is 4. The average molecular weight is 665 g/mol. The topological polar surface area (TPSA) is 201 Å². The van der Waals surface area contributed by atoms with E-state index in [-0.39, 0.29) is 73.7 Å². The van der Waals surface area contributed by atoms with Crippen LogP contribution in [0.2, 0.25) is 0 Å². The normalized spacial score (nSPS) is 32.4. The Bertz CT molecular complexity index is 1180. The van der Waals surface area contributed by atoms with E-state index in [4.69, 9.17) is 18.9 Å². The summed E-state index contributed by atoms with van der Waals surface area (Å²) in [5.74, 6) is -1.33. The Morgan fingerprint density at radius 2 is 1.43 bits per heavy atom. The number of alkyl carbamates (subject to hydrolysis) is 1. The summed E-state index contributed by atoms with van der Waals surface area (Å²) in [6.45, 7) is 7.79. The Balaban J connectivity index is 1.12. The second-order valence-electron chi connectivity index (χ2n) is 13.5. The Kier molecular flexibility index (Phi) is 12.8. The predicted molar refractivity (Wildman–Crippen MR) is 170 cm³/mol. The number of nitrogens with one attached hydrogen (secondary N) is 6. The summed E-state index contributed by atoms with van der Waals surface area (Å²) in [4.78, 5) is 59.8. The van der Waals surface area contributed by atoms with Crippen molar-refractivity contribution in [3.05, 3.63) is 11.6 Å². The number of allylic oxidation sites excluding steroid dienone is 1. The maximum Gasteiger partial charge on any atom is 0.407 e. The molecule has 0 aromatic heterocycles. The summed E-state index contributed by atoms with van der Waals surface area (Å²) in [5, 5.41) is 10.9. The fraction of sp³-hybridized carbons (Fsp3) is 0.781. The van der Waals surface area contributed by atoms with E-state index < -0.39 is 29.6 Å². The highest BCUT2D eigenvalue weighted by molar-refractivity contribution is 5.86. The molecule has 0 bridgehead atoms. The molecule has 4 unspecified atom stereocenters. The Hall–Kier alpha value is -3.11. The molecule has 2 aliphatic carbocycles. The lowest BCUT2D eigenvalue weighted by molar-refractivity contribution is -0.126. The van der Waals surface area contributed by atoms with E-state index in [0.717, 1.165) is 12.8 Å². The predicted octanol–water partition coefficient (Wildman–Crippen LogP) is 0.132. The maximum atomic E-state index is 13.0. The zero-order chi connectivity index (χ0) is 34.2. The standard InChI is InChI=1S/C32H52N6O9/c1-19(2)6-11-24-31(4,47-24)29-28(44-5)23(12-13-32(29)18-45-32)46-30(43)38-22-9-7-21(8-10-22)37-27(42)15-34-26(41)17-36-35-16-25(40)33-14-20(3)39/h6,21-24,28-29,35-36H,7-18H2,1-5H3,(H,33,40)(H,34,41)(H,37,42)(H,38,43)/t21?,22?,23?,24-,28?,29?,31?,32+/m1/s1. The number of carbonyl (C=O) groups excluding carboxylic acids is 5. The van der Waals surface area contributed by atoms with Crippen LogP contribution in [0.4, 0.5) is 4.79 Å². The van der Waals surface area contributed by atoms with E-state index in [1.165, 1.54) is 12.5 Å². The molecule has 0 radical (unpaired) electrons. The lowest BCUT2D eigenvalue weighted by Gasteiger charge is -2.42. The average Bonchev–Trinajstić information content (AvgIpc) is 3.94. The molecule has 0 aromatic rings. The smallest absolute Gasteiger partial charge is 0.407 e. The van der Waals surface area contributed by atoms with Gasteiger partial charge in [-0.15, -0.1) is 0 Å². The highest BCUT2D eigenvalue weighted by Gasteiger charge is 2.72. The Morgan fingerprint density at radius 3 is 1.98 bits per heavy atom. The summed E-state index contributed by atoms with van der Waals surface area (Å²) in [7, 11) is 1.66. The van der Waals surface area contributed by atoms with Gasteiger partial charge in [0.1, 0.15) is 29.2 Å². The number of ketones is 1. The molecule has 4 amide bonds. The first-order chi connectivity index (χ1) is 22.3. The monoisotopic (exact) mass is 664 g/mol. The minimum Gasteiger partial charge on any atom is -0.443 e. The zero-order valence-electron chi connectivity index (χ0n) is 28.2. The van der Waals surface area contributed by atoms with Gasteiger partial charge in [-0.1, -0.05) is 11.6 Å². The Labute approximate surface area is 276 Å². The van der Waals surface area contributed by atoms with Gasteiger partial charge in [0.05, 0.1) is 44.8 Å². The number of hydrogen-bond donors (Lipinski definition) is 6. The molecule has 4 rings (SSSR count). The van der Waals surface area contributed by atoms with E-state index >= 15 is 0 Å². The molecule has 1 spiro atoms. The van der Waals surface area contributed by atoms with Gasteiger partial charge in [-0.05, 0) is 72.6 Å². The number of methoxy groups -OCH3 is 1. The van der Waals surface area contributed by atoms with Gasteiger partial charge in [-0.2, -0.15) is 0 Å². The van der Waals surface area contributed by atoms with Crippen LogP contribution in [0.3, 0.4) is 0 Å². The van der Waals surface area contributed by atoms with Crippen molar-refractivity contribution in [1.82, 2.24) is 32.1 Å². The molecule has 2 saturated heterocycles. The molecule has 4 aliphatic rings. The van der Waals surface area contributed by atoms with Crippen molar-refractivity contribution in [3.8, 4) is 0 Å². The molecule has 2 aliphatic heterocycles. The van der Waals surface area contributed by atoms with Crippen molar-refractivity contribution in [2.45, 2.75) is 114 Å². The van der Waals surface area contributed by atoms with Gasteiger partial charge < -0.3 is 40.2 Å². The quantitative estimate of drug-likeness (QED) is 0.0567. The van der Waals surface area contributed by atoms with E-state index in [2.05, 4.69) is 59.0 Å². The van der Waals surface area contributed by atoms with Gasteiger partial charge >= 0.3 is 6.09 Å². The first-order valence-corrected chi connectivity index (χ1v) is 16.6. The number of amides is 4. The van der Waals surface area contributed by atoms with Gasteiger partial charge in [0.2, 0.25) is 17.7 Å². The van der Waals surface area contributed by atoms with E-state index in [9.17, 15) is 24.0 Å². The van der Waals surface area contributed by atoms with Crippen LogP contribution in [0.15, 0.2) is 11.6 Å². The van der Waals surface area contributed by atoms with Crippen LogP contribution in [-0.2, 0) is 38.1 Å². The lowest BCUT2D eigenvalue weighted by atomic mass is 9.68. The number of epoxide rings is 2. The third kappa shape index (κ3) is 10.4. The highest BCUT2D eigenvalue weighted by atomic mass is 16.6. The number of hydrazine groups is 1. The molecule has 6 atom stereocenters. The molecule has 264 valence electrons. The fourth-order valence-corrected chi connectivity index (χ4v) is 6.88. The second kappa shape index (κ2) is 16.3. The van der Waals surface area contributed by atoms with Crippen LogP contribution in [0.5, 0.6) is 0 Å². The van der Waals surface area contributed by atoms with Gasteiger partial charge in [0.25, 0.3) is 0 Å². The molecular formula is C32H52N6O9. The van der Waals surface area contributed by atoms with Gasteiger partial charge in [0, 0.05) is 19.2 Å². The SMILES string of the molecule is COC1C(OC(=O)NC2CCC(NC(=O)CNC(=O)CNNCC(=O)NCC(C)=O)CC2)CC[C@]2(CO2)C1C1(C)O[C@@H]1CC=C(C)C.